The van der Waals surface area contributed by atoms with Gasteiger partial charge in [-0.15, -0.1) is 23.4 Å². The van der Waals surface area contributed by atoms with Crippen LogP contribution in [0, 0.1) is 24.2 Å². The maximum absolute atomic E-state index is 6.94. The minimum Gasteiger partial charge on any atom is -0.366 e. The lowest BCUT2D eigenvalue weighted by Crippen LogP contribution is -1.76. The van der Waals surface area contributed by atoms with E-state index in [2.05, 4.69) is 23.5 Å². The summed E-state index contributed by atoms with van der Waals surface area (Å²) in [6, 6.07) is 7.41. The molecule has 0 aromatic heterocycles. The molecule has 0 saturated carbocycles. The van der Waals surface area contributed by atoms with E-state index < -0.39 is 0 Å². The lowest BCUT2D eigenvalue weighted by molar-refractivity contribution is 1.60. The summed E-state index contributed by atoms with van der Waals surface area (Å²) in [5.41, 5.74) is 5.61. The molecule has 0 bridgehead atoms. The van der Waals surface area contributed by atoms with Gasteiger partial charge in [-0.2, -0.15) is 0 Å². The normalized spacial score (nSPS) is 11.5. The highest BCUT2D eigenvalue weighted by Gasteiger charge is 1.87. The van der Waals surface area contributed by atoms with Gasteiger partial charge in [0.2, 0.25) is 0 Å². The second-order valence-electron chi connectivity index (χ2n) is 3.04. The summed E-state index contributed by atoms with van der Waals surface area (Å²) in [6.45, 7) is 0. The van der Waals surface area contributed by atoms with Crippen LogP contribution in [-0.2, 0) is 0 Å². The molecule has 1 aromatic rings. The summed E-state index contributed by atoms with van der Waals surface area (Å²) >= 11 is 0. The highest BCUT2D eigenvalue weighted by Crippen LogP contribution is 2.03. The molecule has 1 aromatic carbocycles. The standard InChI is InChI=1S/C15H7/c1-2-13-7-9-15(10-8-13)12-11-14-5-3-4-6-14/h3-5,7-10H/q-1. The molecule has 1 aliphatic rings. The molecule has 0 nitrogen and oxygen atoms in total. The van der Waals surface area contributed by atoms with E-state index in [0.717, 1.165) is 16.7 Å². The largest absolute Gasteiger partial charge is 0.366 e. The first-order valence-corrected chi connectivity index (χ1v) is 4.57. The van der Waals surface area contributed by atoms with Crippen molar-refractivity contribution in [1.82, 2.24) is 0 Å². The Kier molecular flexibility index (Phi) is 2.57. The Morgan fingerprint density at radius 3 is 2.33 bits per heavy atom. The van der Waals surface area contributed by atoms with Crippen molar-refractivity contribution >= 4 is 0 Å². The number of hydrogen-bond acceptors (Lipinski definition) is 0. The van der Waals surface area contributed by atoms with Crippen LogP contribution in [0.25, 0.3) is 0 Å². The molecule has 0 heterocycles. The van der Waals surface area contributed by atoms with E-state index >= 15 is 0 Å². The van der Waals surface area contributed by atoms with Gasteiger partial charge in [-0.25, -0.2) is 0 Å². The third-order valence-corrected chi connectivity index (χ3v) is 1.97. The minimum absolute atomic E-state index is 0.764. The second-order valence-corrected chi connectivity index (χ2v) is 3.04. The molecule has 0 aliphatic heterocycles. The van der Waals surface area contributed by atoms with Crippen LogP contribution >= 0.6 is 0 Å². The smallest absolute Gasteiger partial charge is 0.0667 e. The second kappa shape index (κ2) is 4.21. The van der Waals surface area contributed by atoms with Crippen molar-refractivity contribution in [3.8, 4) is 17.8 Å². The first kappa shape index (κ1) is 9.17. The molecule has 0 fully saturated rings. The van der Waals surface area contributed by atoms with Gasteiger partial charge >= 0.3 is 0 Å². The molecular formula is C15H7-. The number of allylic oxidation sites excluding steroid dienone is 3. The average molecular weight is 187 g/mol. The van der Waals surface area contributed by atoms with Crippen LogP contribution in [0.3, 0.4) is 0 Å². The summed E-state index contributed by atoms with van der Waals surface area (Å²) < 4.78 is 0. The first-order valence-electron chi connectivity index (χ1n) is 4.57. The van der Waals surface area contributed by atoms with E-state index in [-0.39, 0.29) is 0 Å². The van der Waals surface area contributed by atoms with Gasteiger partial charge in [-0.05, 0) is 12.2 Å². The van der Waals surface area contributed by atoms with Crippen molar-refractivity contribution in [3.05, 3.63) is 71.3 Å². The van der Waals surface area contributed by atoms with E-state index in [1.54, 1.807) is 0 Å². The van der Waals surface area contributed by atoms with Gasteiger partial charge in [0.05, 0.1) is 5.57 Å². The van der Waals surface area contributed by atoms with Crippen LogP contribution < -0.4 is 0 Å². The maximum atomic E-state index is 6.94. The Balaban J connectivity index is 2.22. The van der Waals surface area contributed by atoms with E-state index in [1.165, 1.54) is 0 Å². The fraction of sp³-hybridized carbons (Fsp3) is 0. The molecule has 0 atom stereocenters. The Morgan fingerprint density at radius 1 is 1.00 bits per heavy atom. The van der Waals surface area contributed by atoms with Crippen LogP contribution in [-0.4, -0.2) is 0 Å². The molecule has 0 unspecified atom stereocenters. The quantitative estimate of drug-likeness (QED) is 0.333. The topological polar surface area (TPSA) is 0 Å². The molecule has 0 N–H and O–H groups in total. The van der Waals surface area contributed by atoms with Gasteiger partial charge in [0.25, 0.3) is 0 Å². The van der Waals surface area contributed by atoms with Gasteiger partial charge in [0.15, 0.2) is 0 Å². The van der Waals surface area contributed by atoms with Crippen LogP contribution in [0.5, 0.6) is 0 Å². The summed E-state index contributed by atoms with van der Waals surface area (Å²) in [6.07, 6.45) is 12.6. The molecular weight excluding hydrogens is 180 g/mol. The fourth-order valence-corrected chi connectivity index (χ4v) is 1.18. The van der Waals surface area contributed by atoms with E-state index in [0.29, 0.717) is 0 Å². The van der Waals surface area contributed by atoms with Crippen molar-refractivity contribution in [2.24, 2.45) is 0 Å². The SMILES string of the molecule is [C-]#Cc1ccc(C#CC2=C=CC=C2)cc1. The van der Waals surface area contributed by atoms with Crippen molar-refractivity contribution < 1.29 is 0 Å². The van der Waals surface area contributed by atoms with Gasteiger partial charge in [0, 0.05) is 5.56 Å². The lowest BCUT2D eigenvalue weighted by Gasteiger charge is -1.97. The monoisotopic (exact) mass is 187 g/mol. The maximum Gasteiger partial charge on any atom is 0.0667 e. The van der Waals surface area contributed by atoms with Crippen LogP contribution in [0.1, 0.15) is 11.1 Å². The molecule has 0 radical (unpaired) electrons. The zero-order valence-electron chi connectivity index (χ0n) is 8.04. The fourth-order valence-electron chi connectivity index (χ4n) is 1.18. The van der Waals surface area contributed by atoms with Crippen molar-refractivity contribution in [2.45, 2.75) is 0 Å². The van der Waals surface area contributed by atoms with Crippen LogP contribution in [0.15, 0.2) is 53.8 Å². The number of rotatable bonds is 0. The zero-order valence-corrected chi connectivity index (χ0v) is 8.04. The summed E-state index contributed by atoms with van der Waals surface area (Å²) in [7, 11) is 0. The van der Waals surface area contributed by atoms with Crippen LogP contribution in [0.2, 0.25) is 0 Å². The minimum atomic E-state index is 0.764. The highest BCUT2D eigenvalue weighted by molar-refractivity contribution is 5.48. The molecule has 15 heavy (non-hydrogen) atoms. The Labute approximate surface area is 89.6 Å². The van der Waals surface area contributed by atoms with Gasteiger partial charge in [0.1, 0.15) is 0 Å². The predicted molar refractivity (Wildman–Crippen MR) is 60.3 cm³/mol. The molecule has 0 saturated heterocycles. The van der Waals surface area contributed by atoms with E-state index in [4.69, 9.17) is 6.42 Å². The summed E-state index contributed by atoms with van der Waals surface area (Å²) in [4.78, 5) is 0. The average Bonchev–Trinajstić information content (AvgIpc) is 2.80. The zero-order chi connectivity index (χ0) is 10.5. The molecule has 1 aliphatic carbocycles. The third kappa shape index (κ3) is 2.29. The van der Waals surface area contributed by atoms with Crippen molar-refractivity contribution in [2.75, 3.05) is 0 Å². The lowest BCUT2D eigenvalue weighted by atomic mass is 10.1. The van der Waals surface area contributed by atoms with Gasteiger partial charge in [-0.3, -0.25) is 5.92 Å². The molecule has 68 valence electrons. The number of hydrogen-bond donors (Lipinski definition) is 0. The summed E-state index contributed by atoms with van der Waals surface area (Å²) in [5.74, 6) is 8.35. The van der Waals surface area contributed by atoms with Gasteiger partial charge in [-0.1, -0.05) is 30.0 Å². The van der Waals surface area contributed by atoms with E-state index in [1.807, 2.05) is 42.5 Å². The molecule has 0 heteroatoms. The summed E-state index contributed by atoms with van der Waals surface area (Å²) in [5, 5.41) is 0. The van der Waals surface area contributed by atoms with Crippen LogP contribution in [0.4, 0.5) is 0 Å². The Morgan fingerprint density at radius 2 is 1.73 bits per heavy atom. The molecule has 2 rings (SSSR count). The number of benzene rings is 1. The predicted octanol–water partition coefficient (Wildman–Crippen LogP) is 2.63. The first-order chi connectivity index (χ1) is 7.38. The van der Waals surface area contributed by atoms with Crippen molar-refractivity contribution in [1.29, 1.82) is 0 Å². The Bertz CT molecular complexity index is 557. The molecule has 0 amide bonds. The Hall–Kier alpha value is -2.40. The highest BCUT2D eigenvalue weighted by atomic mass is 13.9. The van der Waals surface area contributed by atoms with E-state index in [9.17, 15) is 0 Å². The van der Waals surface area contributed by atoms with Crippen molar-refractivity contribution in [3.63, 3.8) is 0 Å². The molecule has 0 spiro atoms. The third-order valence-electron chi connectivity index (χ3n) is 1.97. The van der Waals surface area contributed by atoms with Gasteiger partial charge < -0.3 is 6.42 Å².